The van der Waals surface area contributed by atoms with Crippen LogP contribution in [0.4, 0.5) is 0 Å². The molecule has 0 saturated heterocycles. The van der Waals surface area contributed by atoms with E-state index in [0.717, 1.165) is 0 Å². The van der Waals surface area contributed by atoms with Crippen LogP contribution in [0.3, 0.4) is 0 Å². The molecule has 3 N–H and O–H groups in total. The standard InChI is InChI=1S/C2H5N3O2/c3-2-1-5(6)7-4-2/h6H,1H2,(H2,3,4). The first-order valence-electron chi connectivity index (χ1n) is 1.75. The summed E-state index contributed by atoms with van der Waals surface area (Å²) in [6, 6.07) is 0. The summed E-state index contributed by atoms with van der Waals surface area (Å²) in [6.07, 6.45) is 0. The molecule has 0 atom stereocenters. The minimum Gasteiger partial charge on any atom is -0.383 e. The van der Waals surface area contributed by atoms with Crippen molar-refractivity contribution in [2.45, 2.75) is 0 Å². The minimum atomic E-state index is 0.167. The number of hydroxylamine groups is 2. The number of oxime groups is 1. The van der Waals surface area contributed by atoms with E-state index in [1.165, 1.54) is 0 Å². The van der Waals surface area contributed by atoms with E-state index in [2.05, 4.69) is 10.1 Å². The van der Waals surface area contributed by atoms with Crippen LogP contribution in [0, 0.1) is 0 Å². The lowest BCUT2D eigenvalue weighted by atomic mass is 10.6. The van der Waals surface area contributed by atoms with Crippen LogP contribution >= 0.6 is 0 Å². The van der Waals surface area contributed by atoms with Gasteiger partial charge in [0.05, 0.1) is 0 Å². The van der Waals surface area contributed by atoms with E-state index in [1.807, 2.05) is 0 Å². The highest BCUT2D eigenvalue weighted by atomic mass is 17.0. The fraction of sp³-hybridized carbons (Fsp3) is 0.500. The second-order valence-electron chi connectivity index (χ2n) is 1.17. The van der Waals surface area contributed by atoms with E-state index < -0.39 is 0 Å². The maximum absolute atomic E-state index is 8.32. The van der Waals surface area contributed by atoms with E-state index in [0.29, 0.717) is 5.23 Å². The molecule has 0 unspecified atom stereocenters. The molecule has 5 nitrogen and oxygen atoms in total. The first-order valence-corrected chi connectivity index (χ1v) is 1.75. The number of rotatable bonds is 0. The van der Waals surface area contributed by atoms with E-state index in [4.69, 9.17) is 10.9 Å². The maximum atomic E-state index is 8.32. The third kappa shape index (κ3) is 0.787. The van der Waals surface area contributed by atoms with Gasteiger partial charge >= 0.3 is 0 Å². The Hall–Kier alpha value is -0.810. The summed E-state index contributed by atoms with van der Waals surface area (Å²) in [5, 5.41) is 12.1. The molecule has 0 aromatic heterocycles. The maximum Gasteiger partial charge on any atom is 0.162 e. The van der Waals surface area contributed by atoms with Crippen molar-refractivity contribution >= 4 is 5.84 Å². The Bertz CT molecular complexity index is 101. The lowest BCUT2D eigenvalue weighted by Crippen LogP contribution is -2.22. The van der Waals surface area contributed by atoms with Crippen molar-refractivity contribution in [3.8, 4) is 0 Å². The van der Waals surface area contributed by atoms with Gasteiger partial charge in [0, 0.05) is 5.23 Å². The highest BCUT2D eigenvalue weighted by molar-refractivity contribution is 5.82. The Labute approximate surface area is 39.9 Å². The van der Waals surface area contributed by atoms with Gasteiger partial charge < -0.3 is 5.73 Å². The van der Waals surface area contributed by atoms with Crippen LogP contribution in [0.1, 0.15) is 0 Å². The van der Waals surface area contributed by atoms with Crippen molar-refractivity contribution in [3.63, 3.8) is 0 Å². The van der Waals surface area contributed by atoms with Crippen molar-refractivity contribution in [1.29, 1.82) is 0 Å². The molecule has 0 aliphatic carbocycles. The van der Waals surface area contributed by atoms with Gasteiger partial charge in [0.25, 0.3) is 0 Å². The summed E-state index contributed by atoms with van der Waals surface area (Å²) in [5.41, 5.74) is 5.05. The molecule has 0 aromatic carbocycles. The number of nitrogens with zero attached hydrogens (tertiary/aromatic N) is 2. The van der Waals surface area contributed by atoms with Gasteiger partial charge in [-0.25, -0.2) is 0 Å². The summed E-state index contributed by atoms with van der Waals surface area (Å²) < 4.78 is 0. The number of amidine groups is 1. The zero-order valence-corrected chi connectivity index (χ0v) is 3.53. The van der Waals surface area contributed by atoms with Gasteiger partial charge in [-0.1, -0.05) is 0 Å². The largest absolute Gasteiger partial charge is 0.383 e. The monoisotopic (exact) mass is 103 g/mol. The summed E-state index contributed by atoms with van der Waals surface area (Å²) in [4.78, 5) is 4.12. The van der Waals surface area contributed by atoms with Crippen LogP contribution in [0.5, 0.6) is 0 Å². The van der Waals surface area contributed by atoms with E-state index in [-0.39, 0.29) is 12.4 Å². The van der Waals surface area contributed by atoms with E-state index in [9.17, 15) is 0 Å². The number of hydrogen-bond donors (Lipinski definition) is 2. The SMILES string of the molecule is NC1=NON(O)C1. The summed E-state index contributed by atoms with van der Waals surface area (Å²) >= 11 is 0. The smallest absolute Gasteiger partial charge is 0.162 e. The van der Waals surface area contributed by atoms with Gasteiger partial charge in [-0.05, 0) is 5.16 Å². The molecule has 1 heterocycles. The molecule has 0 radical (unpaired) electrons. The van der Waals surface area contributed by atoms with Crippen molar-refractivity contribution in [2.24, 2.45) is 10.9 Å². The molecule has 40 valence electrons. The molecule has 5 heteroatoms. The van der Waals surface area contributed by atoms with Crippen LogP contribution in [-0.2, 0) is 4.94 Å². The fourth-order valence-electron chi connectivity index (χ4n) is 0.296. The van der Waals surface area contributed by atoms with Crippen molar-refractivity contribution in [2.75, 3.05) is 6.54 Å². The second kappa shape index (κ2) is 1.36. The summed E-state index contributed by atoms with van der Waals surface area (Å²) in [5.74, 6) is 0.280. The molecular formula is C2H5N3O2. The van der Waals surface area contributed by atoms with Crippen LogP contribution in [0.2, 0.25) is 0 Å². The van der Waals surface area contributed by atoms with Crippen molar-refractivity contribution < 1.29 is 10.1 Å². The number of nitrogens with two attached hydrogens (primary N) is 1. The summed E-state index contributed by atoms with van der Waals surface area (Å²) in [6.45, 7) is 0.167. The van der Waals surface area contributed by atoms with Gasteiger partial charge in [0.2, 0.25) is 0 Å². The zero-order chi connectivity index (χ0) is 5.28. The molecule has 0 fully saturated rings. The van der Waals surface area contributed by atoms with Crippen LogP contribution in [0.15, 0.2) is 5.16 Å². The highest BCUT2D eigenvalue weighted by Crippen LogP contribution is 1.92. The van der Waals surface area contributed by atoms with Gasteiger partial charge in [-0.15, -0.1) is 0 Å². The highest BCUT2D eigenvalue weighted by Gasteiger charge is 2.10. The molecular weight excluding hydrogens is 98.0 g/mol. The van der Waals surface area contributed by atoms with Gasteiger partial charge in [0.15, 0.2) is 5.84 Å². The molecule has 7 heavy (non-hydrogen) atoms. The van der Waals surface area contributed by atoms with E-state index >= 15 is 0 Å². The average molecular weight is 103 g/mol. The average Bonchev–Trinajstić information content (AvgIpc) is 1.87. The fourth-order valence-corrected chi connectivity index (χ4v) is 0.296. The molecule has 1 aliphatic rings. The molecule has 0 spiro atoms. The third-order valence-corrected chi connectivity index (χ3v) is 0.550. The number of hydrogen-bond acceptors (Lipinski definition) is 5. The lowest BCUT2D eigenvalue weighted by Gasteiger charge is -1.96. The Kier molecular flexibility index (Phi) is 0.844. The molecule has 0 amide bonds. The topological polar surface area (TPSA) is 71.1 Å². The molecule has 0 saturated carbocycles. The minimum absolute atomic E-state index is 0.167. The predicted octanol–water partition coefficient (Wildman–Crippen LogP) is -1.10. The van der Waals surface area contributed by atoms with E-state index in [1.54, 1.807) is 0 Å². The molecule has 0 bridgehead atoms. The van der Waals surface area contributed by atoms with Crippen LogP contribution < -0.4 is 5.73 Å². The second-order valence-corrected chi connectivity index (χ2v) is 1.17. The van der Waals surface area contributed by atoms with Gasteiger partial charge in [-0.3, -0.25) is 10.1 Å². The zero-order valence-electron chi connectivity index (χ0n) is 3.53. The van der Waals surface area contributed by atoms with Crippen molar-refractivity contribution in [1.82, 2.24) is 5.23 Å². The van der Waals surface area contributed by atoms with Gasteiger partial charge in [-0.2, -0.15) is 0 Å². The normalized spacial score (nSPS) is 21.6. The van der Waals surface area contributed by atoms with Gasteiger partial charge in [0.1, 0.15) is 6.54 Å². The third-order valence-electron chi connectivity index (χ3n) is 0.550. The molecule has 0 aromatic rings. The quantitative estimate of drug-likeness (QED) is 0.408. The van der Waals surface area contributed by atoms with Crippen LogP contribution in [-0.4, -0.2) is 22.8 Å². The first kappa shape index (κ1) is 4.35. The summed E-state index contributed by atoms with van der Waals surface area (Å²) in [7, 11) is 0. The van der Waals surface area contributed by atoms with Crippen LogP contribution in [0.25, 0.3) is 0 Å². The Morgan fingerprint density at radius 1 is 2.00 bits per heavy atom. The molecule has 1 aliphatic heterocycles. The van der Waals surface area contributed by atoms with Crippen molar-refractivity contribution in [3.05, 3.63) is 0 Å². The predicted molar refractivity (Wildman–Crippen MR) is 21.2 cm³/mol. The Morgan fingerprint density at radius 3 is 2.86 bits per heavy atom. The Balaban J connectivity index is 2.42. The molecule has 1 rings (SSSR count). The Morgan fingerprint density at radius 2 is 2.71 bits per heavy atom. The lowest BCUT2D eigenvalue weighted by molar-refractivity contribution is -0.320. The first-order chi connectivity index (χ1) is 3.29.